The number of ether oxygens (including phenoxy) is 1. The molecule has 10 heteroatoms. The predicted molar refractivity (Wildman–Crippen MR) is 118 cm³/mol. The Hall–Kier alpha value is -3.14. The fraction of sp³-hybridized carbons (Fsp3) is 0.318. The van der Waals surface area contributed by atoms with Crippen molar-refractivity contribution in [2.75, 3.05) is 5.84 Å². The summed E-state index contributed by atoms with van der Waals surface area (Å²) < 4.78 is 30.3. The molecule has 168 valence electrons. The second-order valence-electron chi connectivity index (χ2n) is 7.49. The zero-order valence-electron chi connectivity index (χ0n) is 17.4. The molecule has 4 rings (SSSR count). The fourth-order valence-corrected chi connectivity index (χ4v) is 4.52. The van der Waals surface area contributed by atoms with Crippen molar-refractivity contribution >= 4 is 17.7 Å². The van der Waals surface area contributed by atoms with E-state index in [-0.39, 0.29) is 17.7 Å². The topological polar surface area (TPSA) is 95.1 Å². The lowest BCUT2D eigenvalue weighted by Gasteiger charge is -2.27. The highest BCUT2D eigenvalue weighted by Gasteiger charge is 2.25. The fourth-order valence-electron chi connectivity index (χ4n) is 3.74. The van der Waals surface area contributed by atoms with E-state index in [9.17, 15) is 13.6 Å². The van der Waals surface area contributed by atoms with Gasteiger partial charge in [-0.15, -0.1) is 10.2 Å². The largest absolute Gasteiger partial charge is 0.435 e. The molecule has 0 spiro atoms. The summed E-state index contributed by atoms with van der Waals surface area (Å²) in [7, 11) is 0. The zero-order chi connectivity index (χ0) is 22.7. The number of halogens is 2. The van der Waals surface area contributed by atoms with Crippen LogP contribution >= 0.6 is 11.8 Å². The van der Waals surface area contributed by atoms with Crippen LogP contribution in [0, 0.1) is 0 Å². The van der Waals surface area contributed by atoms with Gasteiger partial charge in [-0.3, -0.25) is 4.79 Å². The first-order valence-corrected chi connectivity index (χ1v) is 11.1. The summed E-state index contributed by atoms with van der Waals surface area (Å²) in [5, 5.41) is 11.2. The molecule has 7 nitrogen and oxygen atoms in total. The maximum atomic E-state index is 12.8. The van der Waals surface area contributed by atoms with Crippen molar-refractivity contribution in [2.45, 2.75) is 49.2 Å². The molecule has 3 aromatic rings. The molecule has 0 radical (unpaired) electrons. The normalized spacial score (nSPS) is 16.4. The summed E-state index contributed by atoms with van der Waals surface area (Å²) in [5.41, 5.74) is 3.04. The van der Waals surface area contributed by atoms with Crippen LogP contribution in [-0.4, -0.2) is 32.6 Å². The molecule has 1 aliphatic rings. The van der Waals surface area contributed by atoms with Crippen LogP contribution in [0.4, 0.5) is 8.78 Å². The van der Waals surface area contributed by atoms with Crippen molar-refractivity contribution < 1.29 is 18.3 Å². The molecule has 1 aromatic heterocycles. The molecule has 32 heavy (non-hydrogen) atoms. The number of benzene rings is 2. The average molecular weight is 460 g/mol. The quantitative estimate of drug-likeness (QED) is 0.411. The number of aryl methyl sites for hydroxylation is 1. The smallest absolute Gasteiger partial charge is 0.387 e. The minimum absolute atomic E-state index is 0.00391. The molecule has 1 heterocycles. The van der Waals surface area contributed by atoms with Crippen LogP contribution in [-0.2, 0) is 11.2 Å². The molecule has 0 fully saturated rings. The summed E-state index contributed by atoms with van der Waals surface area (Å²) >= 11 is 1.20. The van der Waals surface area contributed by atoms with Gasteiger partial charge in [0.05, 0.1) is 11.3 Å². The molecule has 0 saturated carbocycles. The number of nitrogens with two attached hydrogens (primary N) is 1. The van der Waals surface area contributed by atoms with E-state index in [0.29, 0.717) is 16.5 Å². The Morgan fingerprint density at radius 2 is 1.97 bits per heavy atom. The minimum atomic E-state index is -2.89. The Kier molecular flexibility index (Phi) is 6.59. The van der Waals surface area contributed by atoms with Crippen LogP contribution in [0.25, 0.3) is 11.4 Å². The lowest BCUT2D eigenvalue weighted by Crippen LogP contribution is -2.36. The lowest BCUT2D eigenvalue weighted by atomic mass is 9.88. The van der Waals surface area contributed by atoms with Gasteiger partial charge in [-0.1, -0.05) is 36.0 Å². The number of alkyl halides is 2. The number of carbonyl (C=O) groups is 1. The average Bonchev–Trinajstić information content (AvgIpc) is 3.14. The molecule has 0 bridgehead atoms. The molecular weight excluding hydrogens is 436 g/mol. The number of amides is 1. The number of hydrogen-bond donors (Lipinski definition) is 2. The van der Waals surface area contributed by atoms with Crippen LogP contribution < -0.4 is 15.9 Å². The molecule has 0 aliphatic heterocycles. The van der Waals surface area contributed by atoms with Crippen LogP contribution in [0.2, 0.25) is 0 Å². The Labute approximate surface area is 188 Å². The van der Waals surface area contributed by atoms with Gasteiger partial charge in [-0.25, -0.2) is 4.68 Å². The highest BCUT2D eigenvalue weighted by atomic mass is 32.2. The SMILES string of the molecule is C[C@@H](Sc1nnc(-c2ccc(OC(F)F)cc2)n1N)C(=O)N[C@@H]1CCCc2ccccc21. The molecular formula is C22H23F2N5O2S. The molecule has 2 aromatic carbocycles. The molecule has 3 N–H and O–H groups in total. The number of nitrogen functional groups attached to an aromatic ring is 1. The summed E-state index contributed by atoms with van der Waals surface area (Å²) in [6.45, 7) is -1.10. The van der Waals surface area contributed by atoms with Gasteiger partial charge in [-0.05, 0) is 61.6 Å². The number of hydrogen-bond acceptors (Lipinski definition) is 6. The van der Waals surface area contributed by atoms with Gasteiger partial charge in [0.2, 0.25) is 11.1 Å². The number of carbonyl (C=O) groups excluding carboxylic acids is 1. The number of nitrogens with one attached hydrogen (secondary N) is 1. The van der Waals surface area contributed by atoms with E-state index in [2.05, 4.69) is 32.4 Å². The van der Waals surface area contributed by atoms with E-state index in [1.807, 2.05) is 12.1 Å². The maximum absolute atomic E-state index is 12.8. The van der Waals surface area contributed by atoms with Crippen molar-refractivity contribution in [1.29, 1.82) is 0 Å². The highest BCUT2D eigenvalue weighted by molar-refractivity contribution is 8.00. The summed E-state index contributed by atoms with van der Waals surface area (Å²) in [6.07, 6.45) is 2.97. The number of rotatable bonds is 7. The third-order valence-electron chi connectivity index (χ3n) is 5.34. The maximum Gasteiger partial charge on any atom is 0.387 e. The van der Waals surface area contributed by atoms with Gasteiger partial charge >= 0.3 is 6.61 Å². The molecule has 0 saturated heterocycles. The number of nitrogens with zero attached hydrogens (tertiary/aromatic N) is 3. The second kappa shape index (κ2) is 9.56. The molecule has 1 amide bonds. The molecule has 1 aliphatic carbocycles. The van der Waals surface area contributed by atoms with Gasteiger partial charge in [0.1, 0.15) is 5.75 Å². The Morgan fingerprint density at radius 3 is 2.72 bits per heavy atom. The van der Waals surface area contributed by atoms with Crippen LogP contribution in [0.1, 0.15) is 36.9 Å². The van der Waals surface area contributed by atoms with Gasteiger partial charge in [0, 0.05) is 5.56 Å². The molecule has 0 unspecified atom stereocenters. The van der Waals surface area contributed by atoms with E-state index < -0.39 is 11.9 Å². The van der Waals surface area contributed by atoms with Gasteiger partial charge < -0.3 is 15.9 Å². The second-order valence-corrected chi connectivity index (χ2v) is 8.80. The monoisotopic (exact) mass is 459 g/mol. The zero-order valence-corrected chi connectivity index (χ0v) is 18.2. The van der Waals surface area contributed by atoms with E-state index in [4.69, 9.17) is 5.84 Å². The molecule has 2 atom stereocenters. The summed E-state index contributed by atoms with van der Waals surface area (Å²) in [6, 6.07) is 14.1. The van der Waals surface area contributed by atoms with Crippen molar-refractivity contribution in [1.82, 2.24) is 20.2 Å². The lowest BCUT2D eigenvalue weighted by molar-refractivity contribution is -0.121. The highest BCUT2D eigenvalue weighted by Crippen LogP contribution is 2.31. The predicted octanol–water partition coefficient (Wildman–Crippen LogP) is 3.93. The van der Waals surface area contributed by atoms with E-state index in [1.54, 1.807) is 19.1 Å². The van der Waals surface area contributed by atoms with Crippen molar-refractivity contribution in [3.05, 3.63) is 59.7 Å². The van der Waals surface area contributed by atoms with Crippen molar-refractivity contribution in [2.24, 2.45) is 0 Å². The summed E-state index contributed by atoms with van der Waals surface area (Å²) in [5.74, 6) is 6.43. The van der Waals surface area contributed by atoms with E-state index in [1.165, 1.54) is 39.7 Å². The number of fused-ring (bicyclic) bond motifs is 1. The van der Waals surface area contributed by atoms with Crippen molar-refractivity contribution in [3.8, 4) is 17.1 Å². The first kappa shape index (κ1) is 22.1. The Morgan fingerprint density at radius 1 is 1.22 bits per heavy atom. The van der Waals surface area contributed by atoms with Crippen LogP contribution in [0.5, 0.6) is 5.75 Å². The van der Waals surface area contributed by atoms with Gasteiger partial charge in [0.15, 0.2) is 5.82 Å². The van der Waals surface area contributed by atoms with Crippen LogP contribution in [0.15, 0.2) is 53.7 Å². The summed E-state index contributed by atoms with van der Waals surface area (Å²) in [4.78, 5) is 12.8. The first-order valence-electron chi connectivity index (χ1n) is 10.2. The number of thioether (sulfide) groups is 1. The van der Waals surface area contributed by atoms with E-state index >= 15 is 0 Å². The van der Waals surface area contributed by atoms with Gasteiger partial charge in [0.25, 0.3) is 0 Å². The third kappa shape index (κ3) is 4.85. The first-order chi connectivity index (χ1) is 15.4. The minimum Gasteiger partial charge on any atom is -0.435 e. The van der Waals surface area contributed by atoms with Gasteiger partial charge in [-0.2, -0.15) is 8.78 Å². The third-order valence-corrected chi connectivity index (χ3v) is 6.40. The Bertz CT molecular complexity index is 1090. The Balaban J connectivity index is 1.41. The standard InChI is InChI=1S/C22H23F2N5O2S/c1-13(20(30)26-18-8-4-6-14-5-2-3-7-17(14)18)32-22-28-27-19(29(22)25)15-9-11-16(12-10-15)31-21(23)24/h2-3,5,7,9-13,18,21H,4,6,8,25H2,1H3,(H,26,30)/t13-,18-/m1/s1. The van der Waals surface area contributed by atoms with E-state index in [0.717, 1.165) is 19.3 Å². The van der Waals surface area contributed by atoms with Crippen molar-refractivity contribution in [3.63, 3.8) is 0 Å². The number of aromatic nitrogens is 3. The van der Waals surface area contributed by atoms with Crippen LogP contribution in [0.3, 0.4) is 0 Å².